The topological polar surface area (TPSA) is 88.1 Å². The van der Waals surface area contributed by atoms with Crippen molar-refractivity contribution in [3.8, 4) is 5.75 Å². The van der Waals surface area contributed by atoms with Crippen molar-refractivity contribution in [3.05, 3.63) is 88.7 Å². The fraction of sp³-hybridized carbons (Fsp3) is 0.130. The molecule has 0 aliphatic heterocycles. The lowest BCUT2D eigenvalue weighted by Gasteiger charge is -2.25. The summed E-state index contributed by atoms with van der Waals surface area (Å²) in [6, 6.07) is 16.8. The van der Waals surface area contributed by atoms with Gasteiger partial charge < -0.3 is 4.74 Å². The van der Waals surface area contributed by atoms with Gasteiger partial charge in [-0.3, -0.25) is 9.10 Å². The fourth-order valence-electron chi connectivity index (χ4n) is 2.98. The van der Waals surface area contributed by atoms with Gasteiger partial charge in [0, 0.05) is 5.56 Å². The number of benzene rings is 3. The van der Waals surface area contributed by atoms with E-state index in [0.29, 0.717) is 0 Å². The molecule has 0 bridgehead atoms. The molecule has 0 aliphatic carbocycles. The lowest BCUT2D eigenvalue weighted by Crippen LogP contribution is -2.39. The second kappa shape index (κ2) is 10.5. The number of nitrogens with zero attached hydrogens (tertiary/aromatic N) is 2. The van der Waals surface area contributed by atoms with Crippen LogP contribution in [0.2, 0.25) is 5.02 Å². The van der Waals surface area contributed by atoms with Crippen molar-refractivity contribution >= 4 is 39.4 Å². The Kier molecular flexibility index (Phi) is 7.67. The first-order valence-corrected chi connectivity index (χ1v) is 11.5. The van der Waals surface area contributed by atoms with Crippen molar-refractivity contribution in [2.45, 2.75) is 11.8 Å². The molecule has 10 heteroatoms. The van der Waals surface area contributed by atoms with Crippen LogP contribution >= 0.6 is 11.6 Å². The van der Waals surface area contributed by atoms with Crippen LogP contribution in [0.1, 0.15) is 11.1 Å². The number of halogens is 2. The van der Waals surface area contributed by atoms with Gasteiger partial charge in [-0.1, -0.05) is 41.9 Å². The molecule has 0 unspecified atom stereocenters. The highest BCUT2D eigenvalue weighted by Crippen LogP contribution is 2.33. The highest BCUT2D eigenvalue weighted by Gasteiger charge is 2.29. The molecule has 0 aliphatic rings. The van der Waals surface area contributed by atoms with Gasteiger partial charge in [0.05, 0.1) is 28.9 Å². The Balaban J connectivity index is 1.93. The molecule has 0 saturated carbocycles. The van der Waals surface area contributed by atoms with Gasteiger partial charge in [0.2, 0.25) is 0 Å². The third kappa shape index (κ3) is 5.68. The standard InChI is InChI=1S/C23H21ClFN3O4S/c1-16-11-12-22(32-2)21(13-16)28(33(30,31)17-7-4-3-5-8-17)15-23(29)27-26-14-18-19(24)9-6-10-20(18)25/h3-14H,15H2,1-2H3,(H,27,29)/b26-14-. The third-order valence-corrected chi connectivity index (χ3v) is 6.71. The van der Waals surface area contributed by atoms with Gasteiger partial charge in [-0.2, -0.15) is 5.10 Å². The van der Waals surface area contributed by atoms with E-state index in [1.807, 2.05) is 0 Å². The Morgan fingerprint density at radius 1 is 1.15 bits per heavy atom. The Bertz CT molecular complexity index is 1260. The summed E-state index contributed by atoms with van der Waals surface area (Å²) in [6.07, 6.45) is 1.05. The summed E-state index contributed by atoms with van der Waals surface area (Å²) in [5, 5.41) is 3.84. The molecule has 3 aromatic carbocycles. The summed E-state index contributed by atoms with van der Waals surface area (Å²) in [6.45, 7) is 1.19. The largest absolute Gasteiger partial charge is 0.495 e. The van der Waals surface area contributed by atoms with Gasteiger partial charge in [-0.05, 0) is 48.9 Å². The molecular formula is C23H21ClFN3O4S. The molecule has 0 fully saturated rings. The minimum Gasteiger partial charge on any atom is -0.495 e. The first-order chi connectivity index (χ1) is 15.7. The van der Waals surface area contributed by atoms with Crippen LogP contribution in [-0.2, 0) is 14.8 Å². The molecular weight excluding hydrogens is 469 g/mol. The second-order valence-corrected chi connectivity index (χ2v) is 9.20. The van der Waals surface area contributed by atoms with E-state index in [4.69, 9.17) is 16.3 Å². The van der Waals surface area contributed by atoms with Crippen LogP contribution in [0.15, 0.2) is 76.7 Å². The number of ether oxygens (including phenoxy) is 1. The van der Waals surface area contributed by atoms with Crippen molar-refractivity contribution in [1.29, 1.82) is 0 Å². The Hall–Kier alpha value is -3.43. The number of methoxy groups -OCH3 is 1. The van der Waals surface area contributed by atoms with Crippen molar-refractivity contribution in [2.24, 2.45) is 5.10 Å². The zero-order valence-corrected chi connectivity index (χ0v) is 19.4. The minimum atomic E-state index is -4.13. The minimum absolute atomic E-state index is 0.00278. The summed E-state index contributed by atoms with van der Waals surface area (Å²) >= 11 is 5.94. The Morgan fingerprint density at radius 3 is 2.55 bits per heavy atom. The van der Waals surface area contributed by atoms with E-state index in [1.165, 1.54) is 37.4 Å². The molecule has 0 aromatic heterocycles. The lowest BCUT2D eigenvalue weighted by molar-refractivity contribution is -0.119. The zero-order chi connectivity index (χ0) is 24.0. The van der Waals surface area contributed by atoms with Crippen molar-refractivity contribution in [2.75, 3.05) is 18.0 Å². The van der Waals surface area contributed by atoms with E-state index in [-0.39, 0.29) is 26.9 Å². The maximum absolute atomic E-state index is 13.9. The maximum Gasteiger partial charge on any atom is 0.264 e. The predicted octanol–water partition coefficient (Wildman–Crippen LogP) is 4.14. The van der Waals surface area contributed by atoms with E-state index < -0.39 is 28.3 Å². The monoisotopic (exact) mass is 489 g/mol. The van der Waals surface area contributed by atoms with Crippen molar-refractivity contribution in [1.82, 2.24) is 5.43 Å². The molecule has 0 radical (unpaired) electrons. The Labute approximate surface area is 196 Å². The van der Waals surface area contributed by atoms with Crippen LogP contribution in [0.25, 0.3) is 0 Å². The molecule has 172 valence electrons. The number of hydrogen-bond donors (Lipinski definition) is 1. The number of hydrogen-bond acceptors (Lipinski definition) is 5. The molecule has 1 N–H and O–H groups in total. The molecule has 33 heavy (non-hydrogen) atoms. The number of nitrogens with one attached hydrogen (secondary N) is 1. The molecule has 7 nitrogen and oxygen atoms in total. The van der Waals surface area contributed by atoms with E-state index in [9.17, 15) is 17.6 Å². The average molecular weight is 490 g/mol. The molecule has 0 saturated heterocycles. The molecule has 3 aromatic rings. The van der Waals surface area contributed by atoms with Crippen LogP contribution in [0, 0.1) is 12.7 Å². The highest BCUT2D eigenvalue weighted by atomic mass is 35.5. The number of hydrazone groups is 1. The quantitative estimate of drug-likeness (QED) is 0.380. The van der Waals surface area contributed by atoms with Crippen molar-refractivity contribution < 1.29 is 22.3 Å². The number of amides is 1. The summed E-state index contributed by atoms with van der Waals surface area (Å²) < 4.78 is 47.0. The van der Waals surface area contributed by atoms with E-state index in [2.05, 4.69) is 10.5 Å². The SMILES string of the molecule is COc1ccc(C)cc1N(CC(=O)N/N=C\c1c(F)cccc1Cl)S(=O)(=O)c1ccccc1. The van der Waals surface area contributed by atoms with Gasteiger partial charge in [0.15, 0.2) is 0 Å². The van der Waals surface area contributed by atoms with Crippen LogP contribution in [0.3, 0.4) is 0 Å². The summed E-state index contributed by atoms with van der Waals surface area (Å²) in [5.41, 5.74) is 3.18. The van der Waals surface area contributed by atoms with Gasteiger partial charge in [-0.15, -0.1) is 0 Å². The fourth-order valence-corrected chi connectivity index (χ4v) is 4.64. The summed E-state index contributed by atoms with van der Waals surface area (Å²) in [7, 11) is -2.72. The second-order valence-electron chi connectivity index (χ2n) is 6.93. The molecule has 3 rings (SSSR count). The number of rotatable bonds is 8. The average Bonchev–Trinajstić information content (AvgIpc) is 2.80. The van der Waals surface area contributed by atoms with Crippen LogP contribution in [0.4, 0.5) is 10.1 Å². The van der Waals surface area contributed by atoms with Gasteiger partial charge in [-0.25, -0.2) is 18.2 Å². The van der Waals surface area contributed by atoms with Crippen LogP contribution in [0.5, 0.6) is 5.75 Å². The van der Waals surface area contributed by atoms with Crippen LogP contribution in [-0.4, -0.2) is 34.2 Å². The Morgan fingerprint density at radius 2 is 1.88 bits per heavy atom. The first-order valence-electron chi connectivity index (χ1n) is 9.72. The number of aryl methyl sites for hydroxylation is 1. The third-order valence-electron chi connectivity index (χ3n) is 4.60. The number of sulfonamides is 1. The van der Waals surface area contributed by atoms with Gasteiger partial charge in [0.1, 0.15) is 18.1 Å². The normalized spacial score (nSPS) is 11.4. The predicted molar refractivity (Wildman–Crippen MR) is 126 cm³/mol. The maximum atomic E-state index is 13.9. The number of carbonyl (C=O) groups excluding carboxylic acids is 1. The smallest absolute Gasteiger partial charge is 0.264 e. The lowest BCUT2D eigenvalue weighted by atomic mass is 10.2. The van der Waals surface area contributed by atoms with Crippen LogP contribution < -0.4 is 14.5 Å². The number of anilines is 1. The van der Waals surface area contributed by atoms with Gasteiger partial charge >= 0.3 is 0 Å². The van der Waals surface area contributed by atoms with Crippen molar-refractivity contribution in [3.63, 3.8) is 0 Å². The molecule has 0 heterocycles. The van der Waals surface area contributed by atoms with E-state index >= 15 is 0 Å². The summed E-state index contributed by atoms with van der Waals surface area (Å²) in [5.74, 6) is -1.09. The van der Waals surface area contributed by atoms with E-state index in [0.717, 1.165) is 16.1 Å². The highest BCUT2D eigenvalue weighted by molar-refractivity contribution is 7.92. The van der Waals surface area contributed by atoms with E-state index in [1.54, 1.807) is 43.3 Å². The molecule has 1 amide bonds. The number of carbonyl (C=O) groups is 1. The molecule has 0 spiro atoms. The molecule has 0 atom stereocenters. The first kappa shape index (κ1) is 24.2. The van der Waals surface area contributed by atoms with Gasteiger partial charge in [0.25, 0.3) is 15.9 Å². The zero-order valence-electron chi connectivity index (χ0n) is 17.8. The summed E-state index contributed by atoms with van der Waals surface area (Å²) in [4.78, 5) is 12.7.